The average molecular weight is 293 g/mol. The molecule has 3 heteroatoms. The highest BCUT2D eigenvalue weighted by Crippen LogP contribution is 2.35. The van der Waals surface area contributed by atoms with Crippen molar-refractivity contribution in [1.29, 1.82) is 0 Å². The van der Waals surface area contributed by atoms with Gasteiger partial charge in [-0.3, -0.25) is 9.88 Å². The molecule has 1 aromatic heterocycles. The van der Waals surface area contributed by atoms with Crippen LogP contribution in [0.25, 0.3) is 0 Å². The molecular formula is C19H23N3. The quantitative estimate of drug-likeness (QED) is 0.805. The van der Waals surface area contributed by atoms with Crippen molar-refractivity contribution < 1.29 is 0 Å². The van der Waals surface area contributed by atoms with Gasteiger partial charge in [-0.2, -0.15) is 0 Å². The van der Waals surface area contributed by atoms with Crippen molar-refractivity contribution in [3.05, 3.63) is 65.0 Å². The van der Waals surface area contributed by atoms with Crippen molar-refractivity contribution in [3.8, 4) is 0 Å². The summed E-state index contributed by atoms with van der Waals surface area (Å²) in [5.74, 6) is 0. The van der Waals surface area contributed by atoms with E-state index in [2.05, 4.69) is 53.2 Å². The Morgan fingerprint density at radius 3 is 2.50 bits per heavy atom. The van der Waals surface area contributed by atoms with E-state index in [0.29, 0.717) is 6.04 Å². The van der Waals surface area contributed by atoms with Gasteiger partial charge in [0.05, 0.1) is 11.7 Å². The third-order valence-electron chi connectivity index (χ3n) is 5.10. The van der Waals surface area contributed by atoms with Gasteiger partial charge in [0.2, 0.25) is 0 Å². The molecule has 0 amide bonds. The Morgan fingerprint density at radius 1 is 0.909 bits per heavy atom. The van der Waals surface area contributed by atoms with Crippen molar-refractivity contribution >= 4 is 0 Å². The van der Waals surface area contributed by atoms with Crippen LogP contribution >= 0.6 is 0 Å². The van der Waals surface area contributed by atoms with E-state index in [1.54, 1.807) is 0 Å². The van der Waals surface area contributed by atoms with Crippen LogP contribution in [0.3, 0.4) is 0 Å². The summed E-state index contributed by atoms with van der Waals surface area (Å²) in [6.07, 6.45) is 4.18. The standard InChI is InChI=1S/C19H23N3/c1-21-11-13-22(14-12-21)19-17-7-3-2-5-15(17)8-9-16-6-4-10-20-18(16)19/h2-7,10,19H,8-9,11-14H2,1H3. The van der Waals surface area contributed by atoms with Crippen LogP contribution in [0.5, 0.6) is 0 Å². The van der Waals surface area contributed by atoms with Crippen LogP contribution in [0.1, 0.15) is 28.4 Å². The van der Waals surface area contributed by atoms with Crippen LogP contribution in [0.15, 0.2) is 42.6 Å². The molecule has 2 aliphatic rings. The van der Waals surface area contributed by atoms with Crippen LogP contribution < -0.4 is 0 Å². The van der Waals surface area contributed by atoms with E-state index in [9.17, 15) is 0 Å². The second-order valence-electron chi connectivity index (χ2n) is 6.49. The highest BCUT2D eigenvalue weighted by Gasteiger charge is 2.31. The van der Waals surface area contributed by atoms with Crippen molar-refractivity contribution in [1.82, 2.24) is 14.8 Å². The third kappa shape index (κ3) is 2.44. The smallest absolute Gasteiger partial charge is 0.0782 e. The molecular weight excluding hydrogens is 270 g/mol. The summed E-state index contributed by atoms with van der Waals surface area (Å²) in [5, 5.41) is 0. The number of benzene rings is 1. The van der Waals surface area contributed by atoms with Crippen molar-refractivity contribution in [2.75, 3.05) is 33.2 Å². The third-order valence-corrected chi connectivity index (χ3v) is 5.10. The number of hydrogen-bond acceptors (Lipinski definition) is 3. The molecule has 1 fully saturated rings. The topological polar surface area (TPSA) is 19.4 Å². The molecule has 0 saturated carbocycles. The zero-order chi connectivity index (χ0) is 14.9. The van der Waals surface area contributed by atoms with Gasteiger partial charge < -0.3 is 4.90 Å². The van der Waals surface area contributed by atoms with Gasteiger partial charge in [-0.1, -0.05) is 30.3 Å². The molecule has 114 valence electrons. The summed E-state index contributed by atoms with van der Waals surface area (Å²) in [6.45, 7) is 4.51. The molecule has 1 atom stereocenters. The van der Waals surface area contributed by atoms with Gasteiger partial charge >= 0.3 is 0 Å². The fraction of sp³-hybridized carbons (Fsp3) is 0.421. The lowest BCUT2D eigenvalue weighted by atomic mass is 9.96. The van der Waals surface area contributed by atoms with E-state index in [0.717, 1.165) is 39.0 Å². The lowest BCUT2D eigenvalue weighted by Gasteiger charge is -2.38. The molecule has 22 heavy (non-hydrogen) atoms. The molecule has 3 nitrogen and oxygen atoms in total. The maximum atomic E-state index is 4.80. The Kier molecular flexibility index (Phi) is 3.68. The second-order valence-corrected chi connectivity index (χ2v) is 6.49. The number of piperazine rings is 1. The number of nitrogens with zero attached hydrogens (tertiary/aromatic N) is 3. The SMILES string of the molecule is CN1CCN(C2c3ccccc3CCc3cccnc32)CC1. The fourth-order valence-corrected chi connectivity index (χ4v) is 3.80. The normalized spacial score (nSPS) is 22.7. The number of aromatic nitrogens is 1. The first-order valence-electron chi connectivity index (χ1n) is 8.27. The highest BCUT2D eigenvalue weighted by molar-refractivity contribution is 5.41. The lowest BCUT2D eigenvalue weighted by Crippen LogP contribution is -2.46. The van der Waals surface area contributed by atoms with Crippen LogP contribution in [0.4, 0.5) is 0 Å². The first kappa shape index (κ1) is 13.9. The zero-order valence-electron chi connectivity index (χ0n) is 13.2. The molecule has 0 N–H and O–H groups in total. The van der Waals surface area contributed by atoms with Gasteiger partial charge in [0.25, 0.3) is 0 Å². The van der Waals surface area contributed by atoms with Crippen LogP contribution in [0.2, 0.25) is 0 Å². The highest BCUT2D eigenvalue weighted by atomic mass is 15.3. The van der Waals surface area contributed by atoms with E-state index in [-0.39, 0.29) is 0 Å². The molecule has 1 aliphatic heterocycles. The molecule has 0 bridgehead atoms. The minimum Gasteiger partial charge on any atom is -0.304 e. The number of rotatable bonds is 1. The minimum atomic E-state index is 0.323. The Hall–Kier alpha value is -1.71. The van der Waals surface area contributed by atoms with E-state index < -0.39 is 0 Å². The second kappa shape index (κ2) is 5.82. The van der Waals surface area contributed by atoms with Crippen LogP contribution in [-0.4, -0.2) is 48.0 Å². The molecule has 4 rings (SSSR count). The van der Waals surface area contributed by atoms with Crippen molar-refractivity contribution in [2.45, 2.75) is 18.9 Å². The molecule has 1 unspecified atom stereocenters. The van der Waals surface area contributed by atoms with Crippen molar-refractivity contribution in [2.24, 2.45) is 0 Å². The molecule has 2 aromatic rings. The lowest BCUT2D eigenvalue weighted by molar-refractivity contribution is 0.125. The Balaban J connectivity index is 1.80. The van der Waals surface area contributed by atoms with Crippen LogP contribution in [-0.2, 0) is 12.8 Å². The number of pyridine rings is 1. The summed E-state index contributed by atoms with van der Waals surface area (Å²) in [6, 6.07) is 13.6. The van der Waals surface area contributed by atoms with Crippen molar-refractivity contribution in [3.63, 3.8) is 0 Å². The molecule has 1 aliphatic carbocycles. The predicted octanol–water partition coefficient (Wildman–Crippen LogP) is 2.52. The average Bonchev–Trinajstić information content (AvgIpc) is 2.73. The largest absolute Gasteiger partial charge is 0.304 e. The molecule has 1 saturated heterocycles. The number of likely N-dealkylation sites (N-methyl/N-ethyl adjacent to an activating group) is 1. The number of aryl methyl sites for hydroxylation is 2. The van der Waals surface area contributed by atoms with E-state index in [4.69, 9.17) is 4.98 Å². The summed E-state index contributed by atoms with van der Waals surface area (Å²) in [4.78, 5) is 9.83. The molecule has 2 heterocycles. The number of fused-ring (bicyclic) bond motifs is 2. The Labute approximate surface area is 132 Å². The first-order chi connectivity index (χ1) is 10.8. The first-order valence-corrected chi connectivity index (χ1v) is 8.27. The molecule has 0 spiro atoms. The van der Waals surface area contributed by atoms with Crippen LogP contribution in [0, 0.1) is 0 Å². The molecule has 1 aromatic carbocycles. The molecule has 0 radical (unpaired) electrons. The summed E-state index contributed by atoms with van der Waals surface area (Å²) < 4.78 is 0. The predicted molar refractivity (Wildman–Crippen MR) is 89.0 cm³/mol. The van der Waals surface area contributed by atoms with E-state index in [1.807, 2.05) is 6.20 Å². The maximum Gasteiger partial charge on any atom is 0.0782 e. The summed E-state index contributed by atoms with van der Waals surface area (Å²) in [7, 11) is 2.21. The van der Waals surface area contributed by atoms with Gasteiger partial charge in [0, 0.05) is 32.4 Å². The fourth-order valence-electron chi connectivity index (χ4n) is 3.80. The van der Waals surface area contributed by atoms with Gasteiger partial charge in [0.1, 0.15) is 0 Å². The Morgan fingerprint density at radius 2 is 1.64 bits per heavy atom. The van der Waals surface area contributed by atoms with Gasteiger partial charge in [-0.05, 0) is 42.6 Å². The van der Waals surface area contributed by atoms with Gasteiger partial charge in [0.15, 0.2) is 0 Å². The summed E-state index contributed by atoms with van der Waals surface area (Å²) in [5.41, 5.74) is 5.65. The van der Waals surface area contributed by atoms with E-state index in [1.165, 1.54) is 22.4 Å². The summed E-state index contributed by atoms with van der Waals surface area (Å²) >= 11 is 0. The van der Waals surface area contributed by atoms with Gasteiger partial charge in [-0.15, -0.1) is 0 Å². The van der Waals surface area contributed by atoms with Gasteiger partial charge in [-0.25, -0.2) is 0 Å². The Bertz CT molecular complexity index is 612. The monoisotopic (exact) mass is 293 g/mol. The minimum absolute atomic E-state index is 0.323. The maximum absolute atomic E-state index is 4.80. The zero-order valence-corrected chi connectivity index (χ0v) is 13.2. The van der Waals surface area contributed by atoms with E-state index >= 15 is 0 Å². The number of hydrogen-bond donors (Lipinski definition) is 0.